The van der Waals surface area contributed by atoms with Crippen LogP contribution in [-0.2, 0) is 4.74 Å². The van der Waals surface area contributed by atoms with Crippen molar-refractivity contribution < 1.29 is 9.53 Å². The Balaban J connectivity index is 1.81. The molecule has 2 unspecified atom stereocenters. The number of ether oxygens (including phenoxy) is 1. The van der Waals surface area contributed by atoms with Crippen molar-refractivity contribution in [3.63, 3.8) is 0 Å². The highest BCUT2D eigenvalue weighted by molar-refractivity contribution is 6.31. The first-order valence-corrected chi connectivity index (χ1v) is 8.62. The maximum atomic E-state index is 11.8. The molecule has 4 nitrogen and oxygen atoms in total. The predicted octanol–water partition coefficient (Wildman–Crippen LogP) is 4.44. The molecule has 1 aliphatic carbocycles. The number of rotatable bonds is 4. The van der Waals surface area contributed by atoms with E-state index in [0.29, 0.717) is 6.04 Å². The van der Waals surface area contributed by atoms with Gasteiger partial charge < -0.3 is 15.4 Å². The van der Waals surface area contributed by atoms with Crippen molar-refractivity contribution in [2.45, 2.75) is 70.7 Å². The standard InChI is InChI=1S/C18H27ClN2O2/c1-12(15-7-5-6-8-16(15)19)20-13-9-10-14(11-13)21-17(22)23-18(2,3)4/h5-8,12-14,20H,9-11H2,1-4H3,(H,21,22)/t12-,13?,14?/m1/s1. The van der Waals surface area contributed by atoms with Crippen LogP contribution in [0.5, 0.6) is 0 Å². The number of halogens is 1. The lowest BCUT2D eigenvalue weighted by molar-refractivity contribution is 0.0505. The molecule has 1 saturated carbocycles. The number of carbonyl (C=O) groups is 1. The number of hydrogen-bond acceptors (Lipinski definition) is 3. The van der Waals surface area contributed by atoms with E-state index in [1.54, 1.807) is 0 Å². The van der Waals surface area contributed by atoms with Gasteiger partial charge in [0.05, 0.1) is 0 Å². The molecule has 0 spiro atoms. The normalized spacial score (nSPS) is 22.7. The fourth-order valence-electron chi connectivity index (χ4n) is 3.01. The Bertz CT molecular complexity index is 542. The molecule has 23 heavy (non-hydrogen) atoms. The van der Waals surface area contributed by atoms with Crippen LogP contribution >= 0.6 is 11.6 Å². The highest BCUT2D eigenvalue weighted by atomic mass is 35.5. The molecule has 0 heterocycles. The van der Waals surface area contributed by atoms with Gasteiger partial charge in [0.15, 0.2) is 0 Å². The summed E-state index contributed by atoms with van der Waals surface area (Å²) in [7, 11) is 0. The van der Waals surface area contributed by atoms with Crippen LogP contribution < -0.4 is 10.6 Å². The van der Waals surface area contributed by atoms with Gasteiger partial charge >= 0.3 is 6.09 Å². The molecule has 1 fully saturated rings. The second-order valence-electron chi connectivity index (χ2n) is 7.26. The first-order valence-electron chi connectivity index (χ1n) is 8.24. The number of carbonyl (C=O) groups excluding carboxylic acids is 1. The second kappa shape index (κ2) is 7.54. The van der Waals surface area contributed by atoms with Crippen molar-refractivity contribution >= 4 is 17.7 Å². The van der Waals surface area contributed by atoms with Gasteiger partial charge in [0.25, 0.3) is 0 Å². The van der Waals surface area contributed by atoms with E-state index in [9.17, 15) is 4.79 Å². The smallest absolute Gasteiger partial charge is 0.407 e. The van der Waals surface area contributed by atoms with E-state index in [2.05, 4.69) is 17.6 Å². The summed E-state index contributed by atoms with van der Waals surface area (Å²) in [6, 6.07) is 8.63. The van der Waals surface area contributed by atoms with Crippen molar-refractivity contribution in [2.75, 3.05) is 0 Å². The third kappa shape index (κ3) is 5.70. The zero-order valence-electron chi connectivity index (χ0n) is 14.4. The van der Waals surface area contributed by atoms with Gasteiger partial charge in [-0.1, -0.05) is 29.8 Å². The van der Waals surface area contributed by atoms with Crippen LogP contribution in [0.2, 0.25) is 5.02 Å². The molecule has 1 aromatic carbocycles. The van der Waals surface area contributed by atoms with Gasteiger partial charge in [0.2, 0.25) is 0 Å². The van der Waals surface area contributed by atoms with Crippen LogP contribution in [0.25, 0.3) is 0 Å². The number of amides is 1. The maximum Gasteiger partial charge on any atom is 0.407 e. The lowest BCUT2D eigenvalue weighted by atomic mass is 10.1. The van der Waals surface area contributed by atoms with Gasteiger partial charge in [-0.2, -0.15) is 0 Å². The summed E-state index contributed by atoms with van der Waals surface area (Å²) < 4.78 is 5.31. The van der Waals surface area contributed by atoms with Gasteiger partial charge in [0, 0.05) is 23.1 Å². The molecule has 2 N–H and O–H groups in total. The average Bonchev–Trinajstić information content (AvgIpc) is 2.83. The Labute approximate surface area is 143 Å². The fraction of sp³-hybridized carbons (Fsp3) is 0.611. The van der Waals surface area contributed by atoms with E-state index in [1.165, 1.54) is 0 Å². The summed E-state index contributed by atoms with van der Waals surface area (Å²) in [6.45, 7) is 7.74. The van der Waals surface area contributed by atoms with Crippen molar-refractivity contribution in [3.05, 3.63) is 34.9 Å². The summed E-state index contributed by atoms with van der Waals surface area (Å²) in [6.07, 6.45) is 2.58. The minimum Gasteiger partial charge on any atom is -0.444 e. The average molecular weight is 339 g/mol. The Morgan fingerprint density at radius 2 is 1.91 bits per heavy atom. The molecule has 1 aliphatic rings. The molecule has 0 bridgehead atoms. The van der Waals surface area contributed by atoms with E-state index < -0.39 is 5.60 Å². The van der Waals surface area contributed by atoms with Crippen LogP contribution in [0.15, 0.2) is 24.3 Å². The van der Waals surface area contributed by atoms with Crippen molar-refractivity contribution in [1.82, 2.24) is 10.6 Å². The summed E-state index contributed by atoms with van der Waals surface area (Å²) >= 11 is 6.25. The molecule has 128 valence electrons. The molecule has 5 heteroatoms. The van der Waals surface area contributed by atoms with Crippen LogP contribution in [0.4, 0.5) is 4.79 Å². The Hall–Kier alpha value is -1.26. The van der Waals surface area contributed by atoms with Crippen molar-refractivity contribution in [3.8, 4) is 0 Å². The summed E-state index contributed by atoms with van der Waals surface area (Å²) in [5.74, 6) is 0. The third-order valence-electron chi connectivity index (χ3n) is 4.01. The summed E-state index contributed by atoms with van der Waals surface area (Å²) in [4.78, 5) is 11.8. The molecule has 0 saturated heterocycles. The molecule has 1 aromatic rings. The molecule has 2 rings (SSSR count). The van der Waals surface area contributed by atoms with Crippen molar-refractivity contribution in [2.24, 2.45) is 0 Å². The number of nitrogens with one attached hydrogen (secondary N) is 2. The number of benzene rings is 1. The minimum atomic E-state index is -0.459. The Morgan fingerprint density at radius 1 is 1.26 bits per heavy atom. The van der Waals surface area contributed by atoms with E-state index >= 15 is 0 Å². The topological polar surface area (TPSA) is 50.4 Å². The zero-order valence-corrected chi connectivity index (χ0v) is 15.1. The quantitative estimate of drug-likeness (QED) is 0.853. The van der Waals surface area contributed by atoms with E-state index in [-0.39, 0.29) is 18.2 Å². The SMILES string of the molecule is C[C@@H](NC1CCC(NC(=O)OC(C)(C)C)C1)c1ccccc1Cl. The summed E-state index contributed by atoms with van der Waals surface area (Å²) in [5.41, 5.74) is 0.650. The van der Waals surface area contributed by atoms with Gasteiger partial charge in [-0.25, -0.2) is 4.79 Å². The van der Waals surface area contributed by atoms with Gasteiger partial charge in [-0.15, -0.1) is 0 Å². The Kier molecular flexibility index (Phi) is 5.93. The minimum absolute atomic E-state index is 0.167. The Morgan fingerprint density at radius 3 is 2.57 bits per heavy atom. The van der Waals surface area contributed by atoms with Gasteiger partial charge in [-0.05, 0) is 58.6 Å². The fourth-order valence-corrected chi connectivity index (χ4v) is 3.31. The maximum absolute atomic E-state index is 11.8. The van der Waals surface area contributed by atoms with Crippen LogP contribution in [0.1, 0.15) is 58.6 Å². The van der Waals surface area contributed by atoms with E-state index in [1.807, 2.05) is 45.0 Å². The highest BCUT2D eigenvalue weighted by Gasteiger charge is 2.28. The number of alkyl carbamates (subject to hydrolysis) is 1. The molecule has 3 atom stereocenters. The number of hydrogen-bond donors (Lipinski definition) is 2. The molecule has 0 radical (unpaired) electrons. The second-order valence-corrected chi connectivity index (χ2v) is 7.67. The summed E-state index contributed by atoms with van der Waals surface area (Å²) in [5, 5.41) is 7.36. The van der Waals surface area contributed by atoms with E-state index in [0.717, 1.165) is 29.8 Å². The molecule has 0 aromatic heterocycles. The van der Waals surface area contributed by atoms with E-state index in [4.69, 9.17) is 16.3 Å². The molecule has 0 aliphatic heterocycles. The van der Waals surface area contributed by atoms with Gasteiger partial charge in [-0.3, -0.25) is 0 Å². The lowest BCUT2D eigenvalue weighted by Crippen LogP contribution is -2.39. The highest BCUT2D eigenvalue weighted by Crippen LogP contribution is 2.26. The largest absolute Gasteiger partial charge is 0.444 e. The molecular formula is C18H27ClN2O2. The van der Waals surface area contributed by atoms with Crippen LogP contribution in [0.3, 0.4) is 0 Å². The predicted molar refractivity (Wildman–Crippen MR) is 93.8 cm³/mol. The van der Waals surface area contributed by atoms with Crippen LogP contribution in [0, 0.1) is 0 Å². The monoisotopic (exact) mass is 338 g/mol. The van der Waals surface area contributed by atoms with Crippen LogP contribution in [-0.4, -0.2) is 23.8 Å². The van der Waals surface area contributed by atoms with Crippen molar-refractivity contribution in [1.29, 1.82) is 0 Å². The molecular weight excluding hydrogens is 312 g/mol. The third-order valence-corrected chi connectivity index (χ3v) is 4.36. The van der Waals surface area contributed by atoms with Gasteiger partial charge in [0.1, 0.15) is 5.60 Å². The first-order chi connectivity index (χ1) is 10.7. The zero-order chi connectivity index (χ0) is 17.0. The lowest BCUT2D eigenvalue weighted by Gasteiger charge is -2.23. The first kappa shape index (κ1) is 18.1. The molecule has 1 amide bonds.